The van der Waals surface area contributed by atoms with Crippen LogP contribution in [0.3, 0.4) is 0 Å². The Morgan fingerprint density at radius 3 is 1.64 bits per heavy atom. The third-order valence-corrected chi connectivity index (χ3v) is 1.11. The van der Waals surface area contributed by atoms with Crippen molar-refractivity contribution in [3.63, 3.8) is 0 Å². The summed E-state index contributed by atoms with van der Waals surface area (Å²) >= 11 is 0. The molecule has 0 saturated heterocycles. The average Bonchev–Trinajstić information content (AvgIpc) is 1.85. The molecule has 0 aliphatic rings. The van der Waals surface area contributed by atoms with Crippen molar-refractivity contribution in [1.82, 2.24) is 0 Å². The fraction of sp³-hybridized carbons (Fsp3) is 0.833. The highest BCUT2D eigenvalue weighted by Gasteiger charge is 2.04. The molecular weight excluding hydrogens is 152 g/mol. The average molecular weight is 166 g/mol. The lowest BCUT2D eigenvalue weighted by atomic mass is 10.1. The van der Waals surface area contributed by atoms with Crippen molar-refractivity contribution in [2.45, 2.75) is 20.0 Å². The van der Waals surface area contributed by atoms with Crippen molar-refractivity contribution < 1.29 is 25.2 Å². The summed E-state index contributed by atoms with van der Waals surface area (Å²) in [6.07, 6.45) is -2.22. The number of carbonyl (C=O) groups is 1. The highest BCUT2D eigenvalue weighted by atomic mass is 16.6. The quantitative estimate of drug-likeness (QED) is 0.470. The van der Waals surface area contributed by atoms with Crippen molar-refractivity contribution in [2.75, 3.05) is 6.61 Å². The highest BCUT2D eigenvalue weighted by Crippen LogP contribution is 1.97. The van der Waals surface area contributed by atoms with Crippen LogP contribution in [0.1, 0.15) is 13.8 Å². The van der Waals surface area contributed by atoms with Gasteiger partial charge in [-0.05, 0) is 6.92 Å². The van der Waals surface area contributed by atoms with Gasteiger partial charge in [-0.25, -0.2) is 4.79 Å². The van der Waals surface area contributed by atoms with Crippen molar-refractivity contribution >= 4 is 6.16 Å². The third kappa shape index (κ3) is 17.6. The number of carboxylic acid groups (broad SMARTS) is 2. The van der Waals surface area contributed by atoms with E-state index in [1.165, 1.54) is 0 Å². The molecule has 0 heterocycles. The Labute approximate surface area is 64.9 Å². The Bertz CT molecular complexity index is 97.1. The summed E-state index contributed by atoms with van der Waals surface area (Å²) in [5.41, 5.74) is 0. The van der Waals surface area contributed by atoms with Gasteiger partial charge in [-0.1, -0.05) is 6.92 Å². The van der Waals surface area contributed by atoms with E-state index in [9.17, 15) is 0 Å². The van der Waals surface area contributed by atoms with Gasteiger partial charge in [0.15, 0.2) is 0 Å². The minimum atomic E-state index is -1.83. The predicted molar refractivity (Wildman–Crippen MR) is 38.6 cm³/mol. The van der Waals surface area contributed by atoms with E-state index in [-0.39, 0.29) is 18.6 Å². The summed E-state index contributed by atoms with van der Waals surface area (Å²) in [5.74, 6) is 0.0139. The molecule has 0 aromatic heterocycles. The third-order valence-electron chi connectivity index (χ3n) is 1.11. The van der Waals surface area contributed by atoms with E-state index >= 15 is 0 Å². The number of hydrogen-bond acceptors (Lipinski definition) is 3. The second-order valence-electron chi connectivity index (χ2n) is 2.18. The first-order valence-corrected chi connectivity index (χ1v) is 3.12. The zero-order chi connectivity index (χ0) is 9.44. The van der Waals surface area contributed by atoms with Gasteiger partial charge in [0.25, 0.3) is 0 Å². The lowest BCUT2D eigenvalue weighted by Crippen LogP contribution is -2.16. The Morgan fingerprint density at radius 1 is 1.36 bits per heavy atom. The number of aliphatic hydroxyl groups is 2. The molecule has 5 nitrogen and oxygen atoms in total. The predicted octanol–water partition coefficient (Wildman–Crippen LogP) is 0.218. The molecule has 0 aliphatic carbocycles. The molecule has 0 amide bonds. The van der Waals surface area contributed by atoms with Gasteiger partial charge in [-0.15, -0.1) is 0 Å². The Hall–Kier alpha value is -0.810. The van der Waals surface area contributed by atoms with E-state index in [0.29, 0.717) is 0 Å². The summed E-state index contributed by atoms with van der Waals surface area (Å²) < 4.78 is 0. The van der Waals surface area contributed by atoms with Gasteiger partial charge >= 0.3 is 6.16 Å². The largest absolute Gasteiger partial charge is 0.503 e. The maximum atomic E-state index is 8.66. The van der Waals surface area contributed by atoms with Crippen molar-refractivity contribution in [3.8, 4) is 0 Å². The van der Waals surface area contributed by atoms with Crippen LogP contribution >= 0.6 is 0 Å². The minimum absolute atomic E-state index is 0.0139. The topological polar surface area (TPSA) is 98.0 Å². The van der Waals surface area contributed by atoms with Crippen LogP contribution in [0.25, 0.3) is 0 Å². The van der Waals surface area contributed by atoms with Crippen LogP contribution in [0.5, 0.6) is 0 Å². The highest BCUT2D eigenvalue weighted by molar-refractivity contribution is 5.53. The second-order valence-corrected chi connectivity index (χ2v) is 2.18. The molecule has 0 rings (SSSR count). The van der Waals surface area contributed by atoms with Crippen LogP contribution in [0.2, 0.25) is 0 Å². The van der Waals surface area contributed by atoms with Crippen molar-refractivity contribution in [3.05, 3.63) is 0 Å². The second kappa shape index (κ2) is 7.30. The molecular formula is C6H14O5. The molecule has 0 spiro atoms. The molecule has 0 saturated carbocycles. The maximum Gasteiger partial charge on any atom is 0.503 e. The van der Waals surface area contributed by atoms with E-state index in [1.807, 2.05) is 0 Å². The van der Waals surface area contributed by atoms with Crippen LogP contribution in [0.15, 0.2) is 0 Å². The molecule has 0 radical (unpaired) electrons. The molecule has 0 aromatic carbocycles. The zero-order valence-corrected chi connectivity index (χ0v) is 6.56. The SMILES string of the molecule is CC(O)C(C)CO.O=C(O)O. The number of hydrogen-bond donors (Lipinski definition) is 4. The van der Waals surface area contributed by atoms with Crippen molar-refractivity contribution in [1.29, 1.82) is 0 Å². The molecule has 5 heteroatoms. The van der Waals surface area contributed by atoms with Gasteiger partial charge in [0.2, 0.25) is 0 Å². The fourth-order valence-corrected chi connectivity index (χ4v) is 0.153. The van der Waals surface area contributed by atoms with E-state index in [4.69, 9.17) is 25.2 Å². The monoisotopic (exact) mass is 166 g/mol. The van der Waals surface area contributed by atoms with Crippen LogP contribution in [-0.2, 0) is 0 Å². The smallest absolute Gasteiger partial charge is 0.450 e. The molecule has 2 atom stereocenters. The molecule has 0 bridgehead atoms. The van der Waals surface area contributed by atoms with Crippen LogP contribution in [0.4, 0.5) is 4.79 Å². The molecule has 68 valence electrons. The van der Waals surface area contributed by atoms with Gasteiger partial charge in [0.05, 0.1) is 6.10 Å². The lowest BCUT2D eigenvalue weighted by Gasteiger charge is -2.08. The Morgan fingerprint density at radius 2 is 1.64 bits per heavy atom. The van der Waals surface area contributed by atoms with Gasteiger partial charge in [-0.3, -0.25) is 0 Å². The van der Waals surface area contributed by atoms with E-state index in [2.05, 4.69) is 0 Å². The first-order chi connectivity index (χ1) is 4.91. The summed E-state index contributed by atoms with van der Waals surface area (Å²) in [4.78, 5) is 8.56. The Kier molecular flexibility index (Phi) is 8.51. The molecule has 0 fully saturated rings. The normalized spacial score (nSPS) is 14.2. The fourth-order valence-electron chi connectivity index (χ4n) is 0.153. The number of rotatable bonds is 2. The minimum Gasteiger partial charge on any atom is -0.450 e. The number of aliphatic hydroxyl groups excluding tert-OH is 2. The van der Waals surface area contributed by atoms with Gasteiger partial charge in [-0.2, -0.15) is 0 Å². The zero-order valence-electron chi connectivity index (χ0n) is 6.56. The van der Waals surface area contributed by atoms with E-state index < -0.39 is 6.16 Å². The van der Waals surface area contributed by atoms with Crippen LogP contribution < -0.4 is 0 Å². The lowest BCUT2D eigenvalue weighted by molar-refractivity contribution is 0.0913. The summed E-state index contributed by atoms with van der Waals surface area (Å²) in [5, 5.41) is 31.0. The standard InChI is InChI=1S/C5H12O2.CH2O3/c1-4(3-6)5(2)7;2-1(3)4/h4-7H,3H2,1-2H3;(H2,2,3,4). The first kappa shape index (κ1) is 12.8. The van der Waals surface area contributed by atoms with Gasteiger partial charge in [0.1, 0.15) is 0 Å². The summed E-state index contributed by atoms with van der Waals surface area (Å²) in [6.45, 7) is 3.53. The first-order valence-electron chi connectivity index (χ1n) is 3.12. The molecule has 2 unspecified atom stereocenters. The molecule has 11 heavy (non-hydrogen) atoms. The van der Waals surface area contributed by atoms with Crippen molar-refractivity contribution in [2.24, 2.45) is 5.92 Å². The van der Waals surface area contributed by atoms with E-state index in [1.54, 1.807) is 13.8 Å². The van der Waals surface area contributed by atoms with Gasteiger partial charge < -0.3 is 20.4 Å². The maximum absolute atomic E-state index is 8.66. The molecule has 4 N–H and O–H groups in total. The van der Waals surface area contributed by atoms with Crippen LogP contribution in [0, 0.1) is 5.92 Å². The summed E-state index contributed by atoms with van der Waals surface area (Å²) in [7, 11) is 0. The van der Waals surface area contributed by atoms with E-state index in [0.717, 1.165) is 0 Å². The molecule has 0 aliphatic heterocycles. The van der Waals surface area contributed by atoms with Crippen LogP contribution in [-0.4, -0.2) is 39.3 Å². The summed E-state index contributed by atoms with van der Waals surface area (Å²) in [6, 6.07) is 0. The molecule has 0 aromatic rings. The van der Waals surface area contributed by atoms with Gasteiger partial charge in [0, 0.05) is 12.5 Å². The Balaban J connectivity index is 0.